The first kappa shape index (κ1) is 17.4. The number of rotatable bonds is 4. The van der Waals surface area contributed by atoms with E-state index < -0.39 is 17.6 Å². The number of benzene rings is 2. The number of carbonyl (C=O) groups is 3. The Kier molecular flexibility index (Phi) is 5.86. The van der Waals surface area contributed by atoms with Crippen molar-refractivity contribution in [3.8, 4) is 0 Å². The van der Waals surface area contributed by atoms with Gasteiger partial charge >= 0.3 is 5.91 Å². The van der Waals surface area contributed by atoms with E-state index in [9.17, 15) is 19.5 Å². The van der Waals surface area contributed by atoms with Gasteiger partial charge in [0.05, 0.1) is 0 Å². The Morgan fingerprint density at radius 1 is 0.875 bits per heavy atom. The zero-order valence-electron chi connectivity index (χ0n) is 12.3. The molecule has 0 spiro atoms. The quantitative estimate of drug-likeness (QED) is 0.324. The molecule has 122 valence electrons. The van der Waals surface area contributed by atoms with Crippen molar-refractivity contribution in [3.05, 3.63) is 76.3 Å². The smallest absolute Gasteiger partial charge is 0.310 e. The first-order valence-electron chi connectivity index (χ1n) is 6.83. The number of hydrogen-bond donors (Lipinski definition) is 3. The van der Waals surface area contributed by atoms with Gasteiger partial charge in [0.25, 0.3) is 5.91 Å². The van der Waals surface area contributed by atoms with Gasteiger partial charge < -0.3 is 5.11 Å². The van der Waals surface area contributed by atoms with Gasteiger partial charge in [-0.2, -0.15) is 0 Å². The number of ketones is 1. The lowest BCUT2D eigenvalue weighted by Crippen LogP contribution is -2.44. The Balaban J connectivity index is 1.94. The van der Waals surface area contributed by atoms with Crippen LogP contribution in [0.5, 0.6) is 0 Å². The van der Waals surface area contributed by atoms with Crippen LogP contribution in [0.4, 0.5) is 0 Å². The summed E-state index contributed by atoms with van der Waals surface area (Å²) in [5.74, 6) is -2.97. The van der Waals surface area contributed by atoms with E-state index in [1.807, 2.05) is 5.43 Å². The third kappa shape index (κ3) is 4.79. The maximum absolute atomic E-state index is 11.7. The molecule has 0 fully saturated rings. The highest BCUT2D eigenvalue weighted by Crippen LogP contribution is 2.15. The molecule has 0 saturated carbocycles. The average molecular weight is 389 g/mol. The zero-order chi connectivity index (χ0) is 17.5. The minimum Gasteiger partial charge on any atom is -0.507 e. The van der Waals surface area contributed by atoms with Crippen LogP contribution in [0.3, 0.4) is 0 Å². The second-order valence-electron chi connectivity index (χ2n) is 4.67. The highest BCUT2D eigenvalue weighted by molar-refractivity contribution is 9.10. The van der Waals surface area contributed by atoms with Crippen molar-refractivity contribution in [1.29, 1.82) is 0 Å². The molecule has 0 aromatic heterocycles. The lowest BCUT2D eigenvalue weighted by atomic mass is 10.1. The van der Waals surface area contributed by atoms with Crippen molar-refractivity contribution >= 4 is 39.3 Å². The van der Waals surface area contributed by atoms with Crippen LogP contribution < -0.4 is 10.9 Å². The third-order valence-corrected chi connectivity index (χ3v) is 3.49. The molecule has 2 aromatic rings. The monoisotopic (exact) mass is 388 g/mol. The molecule has 0 aliphatic carbocycles. The predicted octanol–water partition coefficient (Wildman–Crippen LogP) is 2.38. The van der Waals surface area contributed by atoms with E-state index in [0.29, 0.717) is 11.1 Å². The van der Waals surface area contributed by atoms with Gasteiger partial charge in [-0.1, -0.05) is 46.3 Å². The Labute approximate surface area is 146 Å². The largest absolute Gasteiger partial charge is 0.507 e. The normalized spacial score (nSPS) is 10.8. The summed E-state index contributed by atoms with van der Waals surface area (Å²) in [6, 6.07) is 14.7. The summed E-state index contributed by atoms with van der Waals surface area (Å²) in [4.78, 5) is 35.1. The first-order chi connectivity index (χ1) is 11.5. The zero-order valence-corrected chi connectivity index (χ0v) is 13.9. The Bertz CT molecular complexity index is 786. The first-order valence-corrected chi connectivity index (χ1v) is 7.63. The van der Waals surface area contributed by atoms with Gasteiger partial charge in [0.1, 0.15) is 5.76 Å². The number of nitrogens with one attached hydrogen (secondary N) is 2. The number of amides is 2. The average Bonchev–Trinajstić information content (AvgIpc) is 2.60. The van der Waals surface area contributed by atoms with Crippen molar-refractivity contribution in [2.75, 3.05) is 0 Å². The number of aliphatic hydroxyl groups excluding tert-OH is 1. The van der Waals surface area contributed by atoms with Gasteiger partial charge in [-0.15, -0.1) is 0 Å². The van der Waals surface area contributed by atoms with Crippen molar-refractivity contribution in [3.63, 3.8) is 0 Å². The summed E-state index contributed by atoms with van der Waals surface area (Å²) in [5, 5.41) is 9.84. The molecule has 2 aromatic carbocycles. The summed E-state index contributed by atoms with van der Waals surface area (Å²) in [6.45, 7) is 0. The molecular weight excluding hydrogens is 376 g/mol. The molecule has 2 rings (SSSR count). The number of carbonyl (C=O) groups excluding carboxylic acids is 3. The maximum atomic E-state index is 11.7. The van der Waals surface area contributed by atoms with E-state index in [1.165, 1.54) is 0 Å². The van der Waals surface area contributed by atoms with Gasteiger partial charge in [0.15, 0.2) is 0 Å². The summed E-state index contributed by atoms with van der Waals surface area (Å²) in [5.41, 5.74) is 4.83. The molecule has 6 nitrogen and oxygen atoms in total. The van der Waals surface area contributed by atoms with Gasteiger partial charge in [-0.05, 0) is 24.3 Å². The number of halogens is 1. The SMILES string of the molecule is O=C(/C=C(\O)c1ccc(Br)cc1)C(=O)NNC(=O)c1ccccc1. The van der Waals surface area contributed by atoms with Gasteiger partial charge in [-0.25, -0.2) is 0 Å². The van der Waals surface area contributed by atoms with Crippen LogP contribution >= 0.6 is 15.9 Å². The molecule has 24 heavy (non-hydrogen) atoms. The maximum Gasteiger partial charge on any atom is 0.310 e. The second-order valence-corrected chi connectivity index (χ2v) is 5.59. The highest BCUT2D eigenvalue weighted by Gasteiger charge is 2.14. The van der Waals surface area contributed by atoms with E-state index in [1.54, 1.807) is 54.6 Å². The third-order valence-electron chi connectivity index (χ3n) is 2.96. The van der Waals surface area contributed by atoms with E-state index in [2.05, 4.69) is 21.4 Å². The molecule has 0 atom stereocenters. The summed E-state index contributed by atoms with van der Waals surface area (Å²) >= 11 is 3.25. The molecule has 0 unspecified atom stereocenters. The minimum absolute atomic E-state index is 0.332. The fourth-order valence-corrected chi connectivity index (χ4v) is 1.99. The summed E-state index contributed by atoms with van der Waals surface area (Å²) in [7, 11) is 0. The van der Waals surface area contributed by atoms with Crippen molar-refractivity contribution < 1.29 is 19.5 Å². The van der Waals surface area contributed by atoms with E-state index in [4.69, 9.17) is 0 Å². The molecule has 0 bridgehead atoms. The van der Waals surface area contributed by atoms with Gasteiger partial charge in [0.2, 0.25) is 5.78 Å². The van der Waals surface area contributed by atoms with Crippen molar-refractivity contribution in [2.24, 2.45) is 0 Å². The Morgan fingerprint density at radius 2 is 1.50 bits per heavy atom. The molecule has 3 N–H and O–H groups in total. The van der Waals surface area contributed by atoms with Crippen LogP contribution in [0.15, 0.2) is 65.1 Å². The van der Waals surface area contributed by atoms with Crippen LogP contribution in [0.25, 0.3) is 5.76 Å². The second kappa shape index (κ2) is 8.07. The predicted molar refractivity (Wildman–Crippen MR) is 91.8 cm³/mol. The van der Waals surface area contributed by atoms with Crippen LogP contribution in [0.2, 0.25) is 0 Å². The molecule has 7 heteroatoms. The van der Waals surface area contributed by atoms with E-state index in [-0.39, 0.29) is 5.76 Å². The molecule has 0 heterocycles. The lowest BCUT2D eigenvalue weighted by molar-refractivity contribution is -0.135. The molecule has 0 aliphatic rings. The standard InChI is InChI=1S/C17H13BrN2O4/c18-13-8-6-11(7-9-13)14(21)10-15(22)17(24)20-19-16(23)12-4-2-1-3-5-12/h1-10,21H,(H,19,23)(H,20,24)/b14-10-. The van der Waals surface area contributed by atoms with E-state index in [0.717, 1.165) is 10.5 Å². The number of aliphatic hydroxyl groups is 1. The molecular formula is C17H13BrN2O4. The molecule has 2 amide bonds. The number of hydrogen-bond acceptors (Lipinski definition) is 4. The Morgan fingerprint density at radius 3 is 2.12 bits per heavy atom. The Hall–Kier alpha value is -2.93. The topological polar surface area (TPSA) is 95.5 Å². The summed E-state index contributed by atoms with van der Waals surface area (Å²) in [6.07, 6.45) is 0.785. The van der Waals surface area contributed by atoms with Gasteiger partial charge in [-0.3, -0.25) is 25.2 Å². The van der Waals surface area contributed by atoms with Crippen LogP contribution in [-0.2, 0) is 9.59 Å². The lowest BCUT2D eigenvalue weighted by Gasteiger charge is -2.06. The minimum atomic E-state index is -1.07. The fourth-order valence-electron chi connectivity index (χ4n) is 1.73. The summed E-state index contributed by atoms with van der Waals surface area (Å²) < 4.78 is 0.812. The molecule has 0 aliphatic heterocycles. The highest BCUT2D eigenvalue weighted by atomic mass is 79.9. The van der Waals surface area contributed by atoms with Crippen LogP contribution in [0, 0.1) is 0 Å². The van der Waals surface area contributed by atoms with Crippen molar-refractivity contribution in [2.45, 2.75) is 0 Å². The van der Waals surface area contributed by atoms with Crippen molar-refractivity contribution in [1.82, 2.24) is 10.9 Å². The fraction of sp³-hybridized carbons (Fsp3) is 0. The van der Waals surface area contributed by atoms with Crippen LogP contribution in [-0.4, -0.2) is 22.7 Å². The molecule has 0 radical (unpaired) electrons. The van der Waals surface area contributed by atoms with Gasteiger partial charge in [0, 0.05) is 21.7 Å². The van der Waals surface area contributed by atoms with E-state index >= 15 is 0 Å². The number of hydrazine groups is 1. The van der Waals surface area contributed by atoms with Crippen LogP contribution in [0.1, 0.15) is 15.9 Å². The molecule has 0 saturated heterocycles.